The lowest BCUT2D eigenvalue weighted by Gasteiger charge is -2.17. The summed E-state index contributed by atoms with van der Waals surface area (Å²) in [6.45, 7) is 4.76. The lowest BCUT2D eigenvalue weighted by Crippen LogP contribution is -2.35. The van der Waals surface area contributed by atoms with E-state index in [2.05, 4.69) is 25.2 Å². The van der Waals surface area contributed by atoms with Crippen molar-refractivity contribution in [2.24, 2.45) is 0 Å². The Morgan fingerprint density at radius 1 is 1.24 bits per heavy atom. The van der Waals surface area contributed by atoms with Gasteiger partial charge in [-0.05, 0) is 57.1 Å². The summed E-state index contributed by atoms with van der Waals surface area (Å²) in [6.07, 6.45) is 9.77. The molecule has 0 bridgehead atoms. The van der Waals surface area contributed by atoms with Crippen LogP contribution in [0.1, 0.15) is 58.8 Å². The van der Waals surface area contributed by atoms with Gasteiger partial charge in [-0.1, -0.05) is 49.4 Å². The molecule has 1 aliphatic rings. The summed E-state index contributed by atoms with van der Waals surface area (Å²) in [6, 6.07) is 7.65. The van der Waals surface area contributed by atoms with Gasteiger partial charge in [0.25, 0.3) is 5.56 Å². The number of para-hydroxylation sites is 1. The second-order valence-corrected chi connectivity index (χ2v) is 8.54. The molecule has 3 rings (SSSR count). The first-order valence-corrected chi connectivity index (χ1v) is 11.7. The minimum Gasteiger partial charge on any atom is -0.353 e. The Balaban J connectivity index is 1.81. The molecule has 1 aromatic carbocycles. The van der Waals surface area contributed by atoms with Crippen LogP contribution >= 0.6 is 11.8 Å². The highest BCUT2D eigenvalue weighted by molar-refractivity contribution is 7.99. The van der Waals surface area contributed by atoms with Gasteiger partial charge in [0.1, 0.15) is 0 Å². The van der Waals surface area contributed by atoms with Crippen LogP contribution in [0, 0.1) is 0 Å². The van der Waals surface area contributed by atoms with Crippen LogP contribution in [-0.4, -0.2) is 27.3 Å². The third kappa shape index (κ3) is 5.72. The highest BCUT2D eigenvalue weighted by Gasteiger charge is 2.15. The topological polar surface area (TPSA) is 64.0 Å². The average molecular weight is 414 g/mol. The predicted molar refractivity (Wildman–Crippen MR) is 120 cm³/mol. The SMILES string of the molecule is CCC(CC)NC(=O)CSc1nc2ccccc2c(=O)n1CCC1=CCCCC1. The summed E-state index contributed by atoms with van der Waals surface area (Å²) in [5.41, 5.74) is 2.10. The standard InChI is InChI=1S/C23H31N3O2S/c1-3-18(4-2)24-21(27)16-29-23-25-20-13-9-8-12-19(20)22(28)26(23)15-14-17-10-6-5-7-11-17/h8-10,12-13,18H,3-7,11,14-16H2,1-2H3,(H,24,27). The molecule has 6 heteroatoms. The van der Waals surface area contributed by atoms with E-state index in [4.69, 9.17) is 4.98 Å². The third-order valence-corrected chi connectivity index (χ3v) is 6.53. The van der Waals surface area contributed by atoms with Gasteiger partial charge in [0.05, 0.1) is 16.7 Å². The van der Waals surface area contributed by atoms with Gasteiger partial charge in [0, 0.05) is 12.6 Å². The number of amides is 1. The number of carbonyl (C=O) groups is 1. The predicted octanol–water partition coefficient (Wildman–Crippen LogP) is 4.68. The first-order chi connectivity index (χ1) is 14.1. The third-order valence-electron chi connectivity index (χ3n) is 5.55. The van der Waals surface area contributed by atoms with Gasteiger partial charge in [-0.2, -0.15) is 0 Å². The quantitative estimate of drug-likeness (QED) is 0.368. The average Bonchev–Trinajstić information content (AvgIpc) is 2.76. The Morgan fingerprint density at radius 2 is 2.03 bits per heavy atom. The Hall–Kier alpha value is -2.08. The van der Waals surface area contributed by atoms with E-state index < -0.39 is 0 Å². The number of hydrogen-bond donors (Lipinski definition) is 1. The van der Waals surface area contributed by atoms with Crippen molar-refractivity contribution in [2.45, 2.75) is 76.5 Å². The summed E-state index contributed by atoms with van der Waals surface area (Å²) in [5.74, 6) is 0.261. The Labute approximate surface area is 177 Å². The Bertz CT molecular complexity index is 931. The molecule has 0 unspecified atom stereocenters. The molecule has 0 saturated carbocycles. The van der Waals surface area contributed by atoms with Crippen molar-refractivity contribution in [3.8, 4) is 0 Å². The molecule has 0 spiro atoms. The number of aromatic nitrogens is 2. The smallest absolute Gasteiger partial charge is 0.262 e. The molecule has 1 amide bonds. The monoisotopic (exact) mass is 413 g/mol. The molecular formula is C23H31N3O2S. The van der Waals surface area contributed by atoms with Crippen molar-refractivity contribution in [3.63, 3.8) is 0 Å². The molecule has 5 nitrogen and oxygen atoms in total. The molecule has 29 heavy (non-hydrogen) atoms. The van der Waals surface area contributed by atoms with E-state index in [9.17, 15) is 9.59 Å². The largest absolute Gasteiger partial charge is 0.353 e. The lowest BCUT2D eigenvalue weighted by molar-refractivity contribution is -0.119. The van der Waals surface area contributed by atoms with Crippen LogP contribution in [0.25, 0.3) is 10.9 Å². The van der Waals surface area contributed by atoms with Crippen LogP contribution in [0.4, 0.5) is 0 Å². The van der Waals surface area contributed by atoms with Crippen molar-refractivity contribution in [1.82, 2.24) is 14.9 Å². The number of carbonyl (C=O) groups excluding carboxylic acids is 1. The van der Waals surface area contributed by atoms with Crippen LogP contribution in [-0.2, 0) is 11.3 Å². The van der Waals surface area contributed by atoms with E-state index in [1.165, 1.54) is 30.2 Å². The van der Waals surface area contributed by atoms with Crippen LogP contribution in [0.2, 0.25) is 0 Å². The molecule has 0 radical (unpaired) electrons. The van der Waals surface area contributed by atoms with Gasteiger partial charge < -0.3 is 5.32 Å². The molecule has 156 valence electrons. The molecule has 1 aliphatic carbocycles. The van der Waals surface area contributed by atoms with Crippen molar-refractivity contribution in [1.29, 1.82) is 0 Å². The van der Waals surface area contributed by atoms with E-state index in [1.807, 2.05) is 24.3 Å². The van der Waals surface area contributed by atoms with Crippen LogP contribution < -0.4 is 10.9 Å². The van der Waals surface area contributed by atoms with Crippen LogP contribution in [0.3, 0.4) is 0 Å². The molecule has 0 saturated heterocycles. The molecule has 2 aromatic rings. The molecule has 0 atom stereocenters. The number of fused-ring (bicyclic) bond motifs is 1. The fraction of sp³-hybridized carbons (Fsp3) is 0.522. The Kier molecular flexibility index (Phi) is 7.92. The van der Waals surface area contributed by atoms with Crippen molar-refractivity contribution in [3.05, 3.63) is 46.3 Å². The minimum absolute atomic E-state index is 0.00681. The summed E-state index contributed by atoms with van der Waals surface area (Å²) in [4.78, 5) is 30.2. The van der Waals surface area contributed by atoms with Crippen molar-refractivity contribution < 1.29 is 4.79 Å². The minimum atomic E-state index is -0.0186. The van der Waals surface area contributed by atoms with Gasteiger partial charge >= 0.3 is 0 Å². The van der Waals surface area contributed by atoms with E-state index in [-0.39, 0.29) is 23.3 Å². The first-order valence-electron chi connectivity index (χ1n) is 10.7. The molecule has 1 N–H and O–H groups in total. The zero-order valence-corrected chi connectivity index (χ0v) is 18.3. The van der Waals surface area contributed by atoms with Gasteiger partial charge in [-0.3, -0.25) is 14.2 Å². The van der Waals surface area contributed by atoms with E-state index >= 15 is 0 Å². The lowest BCUT2D eigenvalue weighted by atomic mass is 9.97. The number of thioether (sulfide) groups is 1. The zero-order valence-electron chi connectivity index (χ0n) is 17.4. The highest BCUT2D eigenvalue weighted by Crippen LogP contribution is 2.23. The second-order valence-electron chi connectivity index (χ2n) is 7.60. The number of allylic oxidation sites excluding steroid dienone is 2. The van der Waals surface area contributed by atoms with Crippen molar-refractivity contribution >= 4 is 28.6 Å². The maximum absolute atomic E-state index is 13.1. The number of hydrogen-bond acceptors (Lipinski definition) is 4. The molecule has 0 fully saturated rings. The van der Waals surface area contributed by atoms with Gasteiger partial charge in [-0.15, -0.1) is 0 Å². The van der Waals surface area contributed by atoms with E-state index in [0.29, 0.717) is 22.6 Å². The summed E-state index contributed by atoms with van der Waals surface area (Å²) < 4.78 is 1.76. The number of nitrogens with zero attached hydrogens (tertiary/aromatic N) is 2. The van der Waals surface area contributed by atoms with E-state index in [1.54, 1.807) is 4.57 Å². The molecule has 1 heterocycles. The van der Waals surface area contributed by atoms with Gasteiger partial charge in [0.15, 0.2) is 5.16 Å². The van der Waals surface area contributed by atoms with Crippen LogP contribution in [0.5, 0.6) is 0 Å². The number of nitrogens with one attached hydrogen (secondary N) is 1. The summed E-state index contributed by atoms with van der Waals surface area (Å²) >= 11 is 1.35. The summed E-state index contributed by atoms with van der Waals surface area (Å²) in [7, 11) is 0. The molecular weight excluding hydrogens is 382 g/mol. The Morgan fingerprint density at radius 3 is 2.76 bits per heavy atom. The number of rotatable bonds is 9. The molecule has 0 aliphatic heterocycles. The highest BCUT2D eigenvalue weighted by atomic mass is 32.2. The zero-order chi connectivity index (χ0) is 20.6. The van der Waals surface area contributed by atoms with Crippen molar-refractivity contribution in [2.75, 3.05) is 5.75 Å². The normalized spacial score (nSPS) is 14.2. The molecule has 1 aromatic heterocycles. The van der Waals surface area contributed by atoms with Gasteiger partial charge in [-0.25, -0.2) is 4.98 Å². The second kappa shape index (κ2) is 10.6. The fourth-order valence-corrected chi connectivity index (χ4v) is 4.57. The maximum atomic E-state index is 13.1. The van der Waals surface area contributed by atoms with E-state index in [0.717, 1.165) is 32.1 Å². The van der Waals surface area contributed by atoms with Gasteiger partial charge in [0.2, 0.25) is 5.91 Å². The van der Waals surface area contributed by atoms with Crippen LogP contribution in [0.15, 0.2) is 45.9 Å². The maximum Gasteiger partial charge on any atom is 0.262 e. The summed E-state index contributed by atoms with van der Waals surface area (Å²) in [5, 5.41) is 4.32. The first kappa shape index (κ1) is 21.6. The fourth-order valence-electron chi connectivity index (χ4n) is 3.73. The number of benzene rings is 1.